The van der Waals surface area contributed by atoms with Gasteiger partial charge in [0.1, 0.15) is 5.75 Å². The summed E-state index contributed by atoms with van der Waals surface area (Å²) in [6.45, 7) is 6.85. The van der Waals surface area contributed by atoms with Crippen LogP contribution in [0.15, 0.2) is 36.4 Å². The van der Waals surface area contributed by atoms with E-state index in [1.165, 1.54) is 6.42 Å². The molecule has 1 atom stereocenters. The molecule has 1 aromatic heterocycles. The Morgan fingerprint density at radius 1 is 1.07 bits per heavy atom. The minimum atomic E-state index is -0.191. The fraction of sp³-hybridized carbons (Fsp3) is 0.455. The molecule has 2 amide bonds. The Kier molecular flexibility index (Phi) is 6.39. The van der Waals surface area contributed by atoms with E-state index in [1.807, 2.05) is 30.9 Å². The number of nitrogens with zero attached hydrogens (tertiary/aromatic N) is 2. The second-order valence-electron chi connectivity index (χ2n) is 7.35. The number of aromatic nitrogens is 1. The average Bonchev–Trinajstić information content (AvgIpc) is 3.04. The smallest absolute Gasteiger partial charge is 0.270 e. The molecule has 6 heteroatoms. The molecule has 0 aliphatic carbocycles. The number of likely N-dealkylation sites (tertiary alicyclic amines) is 1. The van der Waals surface area contributed by atoms with Gasteiger partial charge in [0.05, 0.1) is 0 Å². The van der Waals surface area contributed by atoms with E-state index in [1.54, 1.807) is 28.9 Å². The lowest BCUT2D eigenvalue weighted by molar-refractivity contribution is -0.137. The van der Waals surface area contributed by atoms with Gasteiger partial charge < -0.3 is 9.64 Å². The lowest BCUT2D eigenvalue weighted by Gasteiger charge is -2.35. The maximum atomic E-state index is 12.5. The number of hydrogen-bond acceptors (Lipinski definition) is 3. The maximum Gasteiger partial charge on any atom is 0.270 e. The summed E-state index contributed by atoms with van der Waals surface area (Å²) in [5.74, 6) is 0.430. The summed E-state index contributed by atoms with van der Waals surface area (Å²) in [7, 11) is 0. The third kappa shape index (κ3) is 4.55. The van der Waals surface area contributed by atoms with Crippen molar-refractivity contribution in [2.45, 2.75) is 52.5 Å². The standard InChI is InChI=1S/C22H29N3O3/c1-4-19-7-5-6-14-24(19)21(26)15-28-20-12-10-18(11-13-20)22(27)23-25-16(2)8-9-17(25)3/h8-13,19H,4-7,14-15H2,1-3H3,(H,23,27)/t19-/m1/s1. The van der Waals surface area contributed by atoms with Crippen LogP contribution in [0, 0.1) is 13.8 Å². The van der Waals surface area contributed by atoms with Crippen LogP contribution in [0.25, 0.3) is 0 Å². The van der Waals surface area contributed by atoms with Crippen LogP contribution >= 0.6 is 0 Å². The van der Waals surface area contributed by atoms with Crippen LogP contribution in [0.1, 0.15) is 54.4 Å². The van der Waals surface area contributed by atoms with Gasteiger partial charge in [-0.15, -0.1) is 0 Å². The summed E-state index contributed by atoms with van der Waals surface area (Å²) in [5.41, 5.74) is 5.34. The monoisotopic (exact) mass is 383 g/mol. The van der Waals surface area contributed by atoms with Crippen molar-refractivity contribution in [3.8, 4) is 5.75 Å². The highest BCUT2D eigenvalue weighted by Gasteiger charge is 2.25. The predicted molar refractivity (Wildman–Crippen MR) is 109 cm³/mol. The molecule has 0 unspecified atom stereocenters. The number of nitrogens with one attached hydrogen (secondary N) is 1. The highest BCUT2D eigenvalue weighted by Crippen LogP contribution is 2.20. The Morgan fingerprint density at radius 3 is 2.39 bits per heavy atom. The second kappa shape index (κ2) is 8.95. The fourth-order valence-electron chi connectivity index (χ4n) is 3.69. The molecule has 3 rings (SSSR count). The quantitative estimate of drug-likeness (QED) is 0.828. The zero-order valence-electron chi connectivity index (χ0n) is 16.9. The summed E-state index contributed by atoms with van der Waals surface area (Å²) in [4.78, 5) is 26.9. The zero-order chi connectivity index (χ0) is 20.1. The van der Waals surface area contributed by atoms with E-state index in [0.717, 1.165) is 37.2 Å². The van der Waals surface area contributed by atoms with E-state index in [0.29, 0.717) is 17.4 Å². The molecule has 2 aromatic rings. The Hall–Kier alpha value is -2.76. The minimum Gasteiger partial charge on any atom is -0.484 e. The number of carbonyl (C=O) groups excluding carboxylic acids is 2. The van der Waals surface area contributed by atoms with Crippen LogP contribution in [0.4, 0.5) is 0 Å². The molecule has 0 radical (unpaired) electrons. The molecule has 2 heterocycles. The van der Waals surface area contributed by atoms with Crippen molar-refractivity contribution in [2.75, 3.05) is 18.6 Å². The van der Waals surface area contributed by atoms with E-state index >= 15 is 0 Å². The number of rotatable bonds is 6. The third-order valence-corrected chi connectivity index (χ3v) is 5.38. The molecule has 1 aliphatic rings. The van der Waals surface area contributed by atoms with E-state index in [-0.39, 0.29) is 18.4 Å². The van der Waals surface area contributed by atoms with Crippen molar-refractivity contribution in [1.82, 2.24) is 9.58 Å². The highest BCUT2D eigenvalue weighted by molar-refractivity contribution is 6.00. The third-order valence-electron chi connectivity index (χ3n) is 5.38. The van der Waals surface area contributed by atoms with Crippen LogP contribution in [0.2, 0.25) is 0 Å². The summed E-state index contributed by atoms with van der Waals surface area (Å²) < 4.78 is 7.42. The Labute approximate surface area is 166 Å². The van der Waals surface area contributed by atoms with Crippen molar-refractivity contribution in [1.29, 1.82) is 0 Å². The molecular formula is C22H29N3O3. The van der Waals surface area contributed by atoms with Gasteiger partial charge in [0.15, 0.2) is 6.61 Å². The number of hydrogen-bond donors (Lipinski definition) is 1. The Balaban J connectivity index is 1.55. The number of aryl methyl sites for hydroxylation is 2. The molecule has 6 nitrogen and oxygen atoms in total. The topological polar surface area (TPSA) is 63.6 Å². The SMILES string of the molecule is CC[C@@H]1CCCCN1C(=O)COc1ccc(C(=O)Nn2c(C)ccc2C)cc1. The number of ether oxygens (including phenoxy) is 1. The fourth-order valence-corrected chi connectivity index (χ4v) is 3.69. The maximum absolute atomic E-state index is 12.5. The van der Waals surface area contributed by atoms with Gasteiger partial charge in [-0.25, -0.2) is 0 Å². The molecule has 1 aromatic carbocycles. The lowest BCUT2D eigenvalue weighted by Crippen LogP contribution is -2.45. The van der Waals surface area contributed by atoms with Crippen molar-refractivity contribution < 1.29 is 14.3 Å². The largest absolute Gasteiger partial charge is 0.484 e. The second-order valence-corrected chi connectivity index (χ2v) is 7.35. The molecule has 1 fully saturated rings. The van der Waals surface area contributed by atoms with Gasteiger partial charge in [0, 0.05) is 29.5 Å². The summed E-state index contributed by atoms with van der Waals surface area (Å²) in [5, 5.41) is 0. The Morgan fingerprint density at radius 2 is 1.75 bits per heavy atom. The first-order valence-electron chi connectivity index (χ1n) is 9.98. The number of amides is 2. The lowest BCUT2D eigenvalue weighted by atomic mass is 10.00. The van der Waals surface area contributed by atoms with Gasteiger partial charge in [0.25, 0.3) is 11.8 Å². The molecule has 1 aliphatic heterocycles. The van der Waals surface area contributed by atoms with Crippen molar-refractivity contribution in [3.05, 3.63) is 53.3 Å². The van der Waals surface area contributed by atoms with Crippen LogP contribution < -0.4 is 10.2 Å². The Bertz CT molecular complexity index is 807. The van der Waals surface area contributed by atoms with Crippen LogP contribution in [0.5, 0.6) is 5.75 Å². The number of benzene rings is 1. The van der Waals surface area contributed by atoms with E-state index in [4.69, 9.17) is 4.74 Å². The minimum absolute atomic E-state index is 0.0315. The van der Waals surface area contributed by atoms with Crippen LogP contribution in [0.3, 0.4) is 0 Å². The van der Waals surface area contributed by atoms with Gasteiger partial charge in [-0.2, -0.15) is 0 Å². The molecule has 1 saturated heterocycles. The van der Waals surface area contributed by atoms with Crippen LogP contribution in [-0.4, -0.2) is 40.6 Å². The summed E-state index contributed by atoms with van der Waals surface area (Å²) in [6.07, 6.45) is 4.31. The molecule has 0 spiro atoms. The van der Waals surface area contributed by atoms with E-state index in [9.17, 15) is 9.59 Å². The van der Waals surface area contributed by atoms with Gasteiger partial charge in [-0.3, -0.25) is 19.7 Å². The van der Waals surface area contributed by atoms with Crippen molar-refractivity contribution in [2.24, 2.45) is 0 Å². The van der Waals surface area contributed by atoms with Gasteiger partial charge in [-0.1, -0.05) is 6.92 Å². The average molecular weight is 383 g/mol. The van der Waals surface area contributed by atoms with E-state index < -0.39 is 0 Å². The van der Waals surface area contributed by atoms with Gasteiger partial charge in [0.2, 0.25) is 0 Å². The van der Waals surface area contributed by atoms with E-state index in [2.05, 4.69) is 12.3 Å². The van der Waals surface area contributed by atoms with Gasteiger partial charge >= 0.3 is 0 Å². The molecule has 28 heavy (non-hydrogen) atoms. The molecule has 1 N–H and O–H groups in total. The van der Waals surface area contributed by atoms with Crippen LogP contribution in [-0.2, 0) is 4.79 Å². The zero-order valence-corrected chi connectivity index (χ0v) is 16.9. The molecule has 0 saturated carbocycles. The summed E-state index contributed by atoms with van der Waals surface area (Å²) in [6, 6.07) is 11.1. The first-order chi connectivity index (χ1) is 13.5. The molecule has 0 bridgehead atoms. The van der Waals surface area contributed by atoms with Gasteiger partial charge in [-0.05, 0) is 75.9 Å². The van der Waals surface area contributed by atoms with Crippen molar-refractivity contribution in [3.63, 3.8) is 0 Å². The molecule has 150 valence electrons. The highest BCUT2D eigenvalue weighted by atomic mass is 16.5. The molecular weight excluding hydrogens is 354 g/mol. The summed E-state index contributed by atoms with van der Waals surface area (Å²) >= 11 is 0. The number of piperidine rings is 1. The van der Waals surface area contributed by atoms with Crippen molar-refractivity contribution >= 4 is 11.8 Å². The first-order valence-corrected chi connectivity index (χ1v) is 9.98. The number of carbonyl (C=O) groups is 2. The predicted octanol–water partition coefficient (Wildman–Crippen LogP) is 3.66. The normalized spacial score (nSPS) is 16.7. The first kappa shape index (κ1) is 20.0.